The number of benzene rings is 2. The van der Waals surface area contributed by atoms with Crippen LogP contribution in [-0.2, 0) is 28.0 Å². The van der Waals surface area contributed by atoms with Crippen LogP contribution in [-0.4, -0.2) is 32.3 Å². The molecule has 0 bridgehead atoms. The number of anilines is 1. The lowest BCUT2D eigenvalue weighted by Crippen LogP contribution is -2.30. The fraction of sp³-hybridized carbons (Fsp3) is 0.261. The van der Waals surface area contributed by atoms with E-state index in [0.29, 0.717) is 30.3 Å². The third kappa shape index (κ3) is 5.87. The number of amides is 1. The maximum absolute atomic E-state index is 13.1. The lowest BCUT2D eigenvalue weighted by molar-refractivity contribution is -0.114. The Balaban J connectivity index is 1.75. The number of carbonyl (C=O) groups is 1. The Labute approximate surface area is 192 Å². The molecule has 3 aromatic rings. The molecule has 0 aliphatic rings. The van der Waals surface area contributed by atoms with Crippen molar-refractivity contribution >= 4 is 33.0 Å². The quantitative estimate of drug-likeness (QED) is 0.468. The summed E-state index contributed by atoms with van der Waals surface area (Å²) in [6.07, 6.45) is 0. The molecule has 0 saturated carbocycles. The Morgan fingerprint density at radius 3 is 2.44 bits per heavy atom. The van der Waals surface area contributed by atoms with E-state index in [1.54, 1.807) is 49.6 Å². The van der Waals surface area contributed by atoms with E-state index in [2.05, 4.69) is 5.32 Å². The number of sulfonamides is 1. The van der Waals surface area contributed by atoms with E-state index in [1.807, 2.05) is 23.6 Å². The first kappa shape index (κ1) is 23.8. The summed E-state index contributed by atoms with van der Waals surface area (Å²) >= 11 is 1.61. The summed E-state index contributed by atoms with van der Waals surface area (Å²) in [6.45, 7) is 4.12. The second-order valence-electron chi connectivity index (χ2n) is 6.99. The summed E-state index contributed by atoms with van der Waals surface area (Å²) < 4.78 is 39.0. The molecule has 3 rings (SSSR count). The molecule has 0 radical (unpaired) electrons. The minimum absolute atomic E-state index is 0.163. The molecule has 0 fully saturated rings. The van der Waals surface area contributed by atoms with Gasteiger partial charge in [-0.2, -0.15) is 4.31 Å². The highest BCUT2D eigenvalue weighted by Crippen LogP contribution is 2.30. The molecule has 170 valence electrons. The molecule has 0 aliphatic carbocycles. The molecule has 1 heterocycles. The summed E-state index contributed by atoms with van der Waals surface area (Å²) in [5, 5.41) is 4.62. The highest BCUT2D eigenvalue weighted by molar-refractivity contribution is 7.89. The predicted octanol–water partition coefficient (Wildman–Crippen LogP) is 4.50. The Hall–Kier alpha value is -2.88. The molecule has 0 spiro atoms. The minimum atomic E-state index is -3.71. The average molecular weight is 475 g/mol. The zero-order chi connectivity index (χ0) is 23.1. The van der Waals surface area contributed by atoms with Crippen LogP contribution in [0.15, 0.2) is 64.9 Å². The summed E-state index contributed by atoms with van der Waals surface area (Å²) in [7, 11) is -2.16. The van der Waals surface area contributed by atoms with Gasteiger partial charge in [0.1, 0.15) is 6.61 Å². The molecule has 9 heteroatoms. The van der Waals surface area contributed by atoms with Gasteiger partial charge in [-0.1, -0.05) is 19.1 Å². The smallest absolute Gasteiger partial charge is 0.243 e. The monoisotopic (exact) mass is 474 g/mol. The highest BCUT2D eigenvalue weighted by atomic mass is 32.2. The lowest BCUT2D eigenvalue weighted by Gasteiger charge is -2.21. The summed E-state index contributed by atoms with van der Waals surface area (Å²) in [6, 6.07) is 15.5. The zero-order valence-corrected chi connectivity index (χ0v) is 19.8. The molecule has 0 unspecified atom stereocenters. The van der Waals surface area contributed by atoms with Crippen molar-refractivity contribution in [2.24, 2.45) is 0 Å². The van der Waals surface area contributed by atoms with Crippen molar-refractivity contribution < 1.29 is 22.7 Å². The van der Waals surface area contributed by atoms with E-state index in [0.717, 1.165) is 10.4 Å². The minimum Gasteiger partial charge on any atom is -0.493 e. The topological polar surface area (TPSA) is 84.9 Å². The number of nitrogens with zero attached hydrogens (tertiary/aromatic N) is 1. The van der Waals surface area contributed by atoms with Gasteiger partial charge in [0, 0.05) is 30.6 Å². The van der Waals surface area contributed by atoms with E-state index in [4.69, 9.17) is 9.47 Å². The van der Waals surface area contributed by atoms with Gasteiger partial charge in [-0.15, -0.1) is 11.3 Å². The summed E-state index contributed by atoms with van der Waals surface area (Å²) in [5.41, 5.74) is 1.33. The largest absolute Gasteiger partial charge is 0.493 e. The standard InChI is InChI=1S/C23H26N2O5S2/c1-4-25(32(27,28)21-10-8-19(9-11-21)24-17(2)26)15-18-7-12-22(23(14-18)29-3)30-16-20-6-5-13-31-20/h5-14H,4,15-16H2,1-3H3,(H,24,26). The van der Waals surface area contributed by atoms with Crippen molar-refractivity contribution in [1.82, 2.24) is 4.31 Å². The third-order valence-electron chi connectivity index (χ3n) is 4.70. The van der Waals surface area contributed by atoms with Crippen LogP contribution in [0.2, 0.25) is 0 Å². The SMILES string of the molecule is CCN(Cc1ccc(OCc2cccs2)c(OC)c1)S(=O)(=O)c1ccc(NC(C)=O)cc1. The van der Waals surface area contributed by atoms with Crippen molar-refractivity contribution in [3.8, 4) is 11.5 Å². The molecule has 2 aromatic carbocycles. The normalized spacial score (nSPS) is 11.4. The van der Waals surface area contributed by atoms with Gasteiger partial charge in [-0.05, 0) is 53.4 Å². The Morgan fingerprint density at radius 1 is 1.09 bits per heavy atom. The van der Waals surface area contributed by atoms with Crippen LogP contribution in [0.3, 0.4) is 0 Å². The van der Waals surface area contributed by atoms with E-state index < -0.39 is 10.0 Å². The van der Waals surface area contributed by atoms with Crippen molar-refractivity contribution in [1.29, 1.82) is 0 Å². The van der Waals surface area contributed by atoms with Crippen molar-refractivity contribution in [2.75, 3.05) is 19.0 Å². The van der Waals surface area contributed by atoms with Gasteiger partial charge >= 0.3 is 0 Å². The van der Waals surface area contributed by atoms with Crippen LogP contribution in [0, 0.1) is 0 Å². The third-order valence-corrected chi connectivity index (χ3v) is 7.49. The van der Waals surface area contributed by atoms with Crippen LogP contribution >= 0.6 is 11.3 Å². The number of rotatable bonds is 10. The first-order valence-electron chi connectivity index (χ1n) is 10.0. The molecule has 1 amide bonds. The van der Waals surface area contributed by atoms with Gasteiger partial charge in [-0.3, -0.25) is 4.79 Å². The van der Waals surface area contributed by atoms with Gasteiger partial charge < -0.3 is 14.8 Å². The second-order valence-corrected chi connectivity index (χ2v) is 9.96. The maximum Gasteiger partial charge on any atom is 0.243 e. The first-order valence-corrected chi connectivity index (χ1v) is 12.4. The Kier molecular flexibility index (Phi) is 7.89. The summed E-state index contributed by atoms with van der Waals surface area (Å²) in [5.74, 6) is 0.934. The predicted molar refractivity (Wildman–Crippen MR) is 126 cm³/mol. The Morgan fingerprint density at radius 2 is 1.84 bits per heavy atom. The fourth-order valence-electron chi connectivity index (χ4n) is 3.11. The fourth-order valence-corrected chi connectivity index (χ4v) is 5.16. The molecular formula is C23H26N2O5S2. The Bertz CT molecular complexity index is 1140. The zero-order valence-electron chi connectivity index (χ0n) is 18.2. The summed E-state index contributed by atoms with van der Waals surface area (Å²) in [4.78, 5) is 12.4. The van der Waals surface area contributed by atoms with Gasteiger partial charge in [0.25, 0.3) is 0 Å². The van der Waals surface area contributed by atoms with Gasteiger partial charge in [0.15, 0.2) is 11.5 Å². The van der Waals surface area contributed by atoms with Crippen molar-refractivity contribution in [2.45, 2.75) is 31.9 Å². The van der Waals surface area contributed by atoms with E-state index in [1.165, 1.54) is 23.4 Å². The second kappa shape index (κ2) is 10.6. The number of thiophene rings is 1. The van der Waals surface area contributed by atoms with Crippen molar-refractivity contribution in [3.63, 3.8) is 0 Å². The number of carbonyl (C=O) groups excluding carboxylic acids is 1. The van der Waals surface area contributed by atoms with E-state index in [9.17, 15) is 13.2 Å². The molecule has 32 heavy (non-hydrogen) atoms. The van der Waals surface area contributed by atoms with Gasteiger partial charge in [0.2, 0.25) is 15.9 Å². The molecule has 0 saturated heterocycles. The van der Waals surface area contributed by atoms with Crippen LogP contribution < -0.4 is 14.8 Å². The lowest BCUT2D eigenvalue weighted by atomic mass is 10.2. The first-order chi connectivity index (χ1) is 15.3. The van der Waals surface area contributed by atoms with Crippen LogP contribution in [0.5, 0.6) is 11.5 Å². The number of hydrogen-bond acceptors (Lipinski definition) is 6. The number of methoxy groups -OCH3 is 1. The van der Waals surface area contributed by atoms with Crippen molar-refractivity contribution in [3.05, 3.63) is 70.4 Å². The number of hydrogen-bond donors (Lipinski definition) is 1. The van der Waals surface area contributed by atoms with E-state index >= 15 is 0 Å². The average Bonchev–Trinajstić information content (AvgIpc) is 3.30. The number of nitrogens with one attached hydrogen (secondary N) is 1. The van der Waals surface area contributed by atoms with E-state index in [-0.39, 0.29) is 17.3 Å². The number of ether oxygens (including phenoxy) is 2. The molecule has 7 nitrogen and oxygen atoms in total. The molecule has 0 aliphatic heterocycles. The maximum atomic E-state index is 13.1. The van der Waals surface area contributed by atoms with Gasteiger partial charge in [0.05, 0.1) is 12.0 Å². The van der Waals surface area contributed by atoms with Crippen LogP contribution in [0.4, 0.5) is 5.69 Å². The molecular weight excluding hydrogens is 448 g/mol. The van der Waals surface area contributed by atoms with Gasteiger partial charge in [-0.25, -0.2) is 8.42 Å². The highest BCUT2D eigenvalue weighted by Gasteiger charge is 2.23. The molecule has 1 aromatic heterocycles. The molecule has 0 atom stereocenters. The van der Waals surface area contributed by atoms with Crippen LogP contribution in [0.25, 0.3) is 0 Å². The molecule has 1 N–H and O–H groups in total. The van der Waals surface area contributed by atoms with Crippen LogP contribution in [0.1, 0.15) is 24.3 Å².